The fourth-order valence-electron chi connectivity index (χ4n) is 7.51. The van der Waals surface area contributed by atoms with Crippen molar-refractivity contribution in [2.24, 2.45) is 35.5 Å². The first-order chi connectivity index (χ1) is 14.3. The van der Waals surface area contributed by atoms with E-state index in [2.05, 4.69) is 12.2 Å². The molecule has 0 heterocycles. The Balaban J connectivity index is 1.06. The molecule has 0 aromatic rings. The summed E-state index contributed by atoms with van der Waals surface area (Å²) in [6, 6.07) is 0. The Hall–Kier alpha value is -0.300. The van der Waals surface area contributed by atoms with E-state index in [4.69, 9.17) is 0 Å². The van der Waals surface area contributed by atoms with Crippen LogP contribution in [-0.2, 0) is 0 Å². The first-order valence-electron chi connectivity index (χ1n) is 13.6. The maximum Gasteiger partial charge on any atom is 0.0540 e. The van der Waals surface area contributed by atoms with E-state index in [9.17, 15) is 5.11 Å². The molecule has 4 rings (SSSR count). The Bertz CT molecular complexity index is 473. The molecule has 0 aromatic heterocycles. The molecular formula is C28H48O. The van der Waals surface area contributed by atoms with Gasteiger partial charge in [-0.25, -0.2) is 0 Å². The molecule has 4 aliphatic carbocycles. The van der Waals surface area contributed by atoms with E-state index in [0.717, 1.165) is 48.3 Å². The minimum absolute atomic E-state index is 0.0159. The van der Waals surface area contributed by atoms with E-state index in [1.54, 1.807) is 6.42 Å². The fourth-order valence-corrected chi connectivity index (χ4v) is 7.51. The summed E-state index contributed by atoms with van der Waals surface area (Å²) in [6.07, 6.45) is 32.0. The van der Waals surface area contributed by atoms with Crippen LogP contribution >= 0.6 is 0 Å². The highest BCUT2D eigenvalue weighted by atomic mass is 16.3. The van der Waals surface area contributed by atoms with Gasteiger partial charge in [0.15, 0.2) is 0 Å². The Labute approximate surface area is 181 Å². The second-order valence-electron chi connectivity index (χ2n) is 11.6. The highest BCUT2D eigenvalue weighted by Gasteiger charge is 2.32. The molecule has 1 heteroatoms. The summed E-state index contributed by atoms with van der Waals surface area (Å²) >= 11 is 0. The van der Waals surface area contributed by atoms with Crippen molar-refractivity contribution >= 4 is 0 Å². The second kappa shape index (κ2) is 11.4. The van der Waals surface area contributed by atoms with E-state index >= 15 is 0 Å². The van der Waals surface area contributed by atoms with Crippen LogP contribution in [0.5, 0.6) is 0 Å². The van der Waals surface area contributed by atoms with Crippen LogP contribution in [0, 0.1) is 35.5 Å². The van der Waals surface area contributed by atoms with Crippen LogP contribution in [0.3, 0.4) is 0 Å². The molecule has 1 unspecified atom stereocenters. The lowest BCUT2D eigenvalue weighted by Crippen LogP contribution is -2.28. The third-order valence-corrected chi connectivity index (χ3v) is 9.53. The van der Waals surface area contributed by atoms with Crippen molar-refractivity contribution in [2.75, 3.05) is 0 Å². The van der Waals surface area contributed by atoms with Crippen molar-refractivity contribution < 1.29 is 5.11 Å². The Morgan fingerprint density at radius 3 is 1.72 bits per heavy atom. The zero-order chi connectivity index (χ0) is 19.9. The highest BCUT2D eigenvalue weighted by Crippen LogP contribution is 2.43. The molecule has 1 N–H and O–H groups in total. The summed E-state index contributed by atoms with van der Waals surface area (Å²) in [4.78, 5) is 0. The molecule has 166 valence electrons. The van der Waals surface area contributed by atoms with Crippen molar-refractivity contribution in [2.45, 2.75) is 128 Å². The number of hydrogen-bond donors (Lipinski definition) is 1. The van der Waals surface area contributed by atoms with Crippen molar-refractivity contribution in [3.63, 3.8) is 0 Å². The molecule has 0 amide bonds. The lowest BCUT2D eigenvalue weighted by Gasteiger charge is -2.38. The van der Waals surface area contributed by atoms with Crippen LogP contribution in [0.2, 0.25) is 0 Å². The van der Waals surface area contributed by atoms with Crippen LogP contribution in [0.15, 0.2) is 12.2 Å². The van der Waals surface area contributed by atoms with Gasteiger partial charge >= 0.3 is 0 Å². The highest BCUT2D eigenvalue weighted by molar-refractivity contribution is 4.90. The second-order valence-corrected chi connectivity index (χ2v) is 11.6. The average Bonchev–Trinajstić information content (AvgIpc) is 2.77. The summed E-state index contributed by atoms with van der Waals surface area (Å²) in [5.74, 6) is 6.10. The van der Waals surface area contributed by atoms with Gasteiger partial charge in [0, 0.05) is 0 Å². The standard InChI is InChI=1S/C28H48O/c29-28-19-17-27(18-20-28)26-15-13-25(14-16-26)21-24-11-9-23(10-12-24)8-4-7-22-5-2-1-3-6-22/h1-2,22-29H,3-21H2. The molecule has 3 fully saturated rings. The molecule has 1 atom stereocenters. The number of aliphatic hydroxyl groups excluding tert-OH is 1. The third kappa shape index (κ3) is 6.84. The fraction of sp³-hybridized carbons (Fsp3) is 0.929. The molecule has 0 aromatic carbocycles. The average molecular weight is 401 g/mol. The van der Waals surface area contributed by atoms with Crippen molar-refractivity contribution in [1.82, 2.24) is 0 Å². The van der Waals surface area contributed by atoms with Gasteiger partial charge in [-0.1, -0.05) is 69.9 Å². The van der Waals surface area contributed by atoms with Crippen LogP contribution < -0.4 is 0 Å². The smallest absolute Gasteiger partial charge is 0.0540 e. The molecule has 29 heavy (non-hydrogen) atoms. The topological polar surface area (TPSA) is 20.2 Å². The van der Waals surface area contributed by atoms with Gasteiger partial charge in [0.1, 0.15) is 0 Å². The SMILES string of the molecule is OC1CCC(C2CCC(CC3CCC(CCCC4CC=CCC4)CC3)CC2)CC1. The molecule has 0 aliphatic heterocycles. The van der Waals surface area contributed by atoms with Gasteiger partial charge in [0.25, 0.3) is 0 Å². The monoisotopic (exact) mass is 400 g/mol. The van der Waals surface area contributed by atoms with Crippen LogP contribution in [0.25, 0.3) is 0 Å². The largest absolute Gasteiger partial charge is 0.393 e. The summed E-state index contributed by atoms with van der Waals surface area (Å²) in [6.45, 7) is 0. The minimum atomic E-state index is 0.0159. The Morgan fingerprint density at radius 2 is 1.10 bits per heavy atom. The summed E-state index contributed by atoms with van der Waals surface area (Å²) in [5.41, 5.74) is 0. The van der Waals surface area contributed by atoms with Crippen molar-refractivity contribution in [1.29, 1.82) is 0 Å². The van der Waals surface area contributed by atoms with E-state index in [1.807, 2.05) is 0 Å². The maximum absolute atomic E-state index is 9.77. The first kappa shape index (κ1) is 21.9. The number of aliphatic hydroxyl groups is 1. The summed E-state index contributed by atoms with van der Waals surface area (Å²) in [7, 11) is 0. The predicted molar refractivity (Wildman–Crippen MR) is 124 cm³/mol. The van der Waals surface area contributed by atoms with E-state index in [0.29, 0.717) is 0 Å². The first-order valence-corrected chi connectivity index (χ1v) is 13.6. The van der Waals surface area contributed by atoms with Gasteiger partial charge in [-0.3, -0.25) is 0 Å². The molecule has 0 radical (unpaired) electrons. The van der Waals surface area contributed by atoms with Crippen LogP contribution in [0.1, 0.15) is 122 Å². The molecule has 0 bridgehead atoms. The van der Waals surface area contributed by atoms with Gasteiger partial charge in [-0.2, -0.15) is 0 Å². The van der Waals surface area contributed by atoms with Gasteiger partial charge in [0.05, 0.1) is 6.10 Å². The van der Waals surface area contributed by atoms with Gasteiger partial charge in [-0.05, 0) is 99.7 Å². The quantitative estimate of drug-likeness (QED) is 0.428. The van der Waals surface area contributed by atoms with Crippen LogP contribution in [-0.4, -0.2) is 11.2 Å². The molecular weight excluding hydrogens is 352 g/mol. The lowest BCUT2D eigenvalue weighted by molar-refractivity contribution is 0.0739. The maximum atomic E-state index is 9.77. The summed E-state index contributed by atoms with van der Waals surface area (Å²) in [5, 5.41) is 9.77. The molecule has 1 nitrogen and oxygen atoms in total. The Morgan fingerprint density at radius 1 is 0.552 bits per heavy atom. The molecule has 4 aliphatic rings. The zero-order valence-electron chi connectivity index (χ0n) is 19.1. The molecule has 0 saturated heterocycles. The normalized spacial score (nSPS) is 41.3. The van der Waals surface area contributed by atoms with E-state index in [1.165, 1.54) is 103 Å². The third-order valence-electron chi connectivity index (χ3n) is 9.53. The van der Waals surface area contributed by atoms with Crippen molar-refractivity contribution in [3.05, 3.63) is 12.2 Å². The van der Waals surface area contributed by atoms with Gasteiger partial charge in [-0.15, -0.1) is 0 Å². The van der Waals surface area contributed by atoms with Crippen molar-refractivity contribution in [3.8, 4) is 0 Å². The van der Waals surface area contributed by atoms with Crippen LogP contribution in [0.4, 0.5) is 0 Å². The zero-order valence-corrected chi connectivity index (χ0v) is 19.1. The molecule has 3 saturated carbocycles. The van der Waals surface area contributed by atoms with E-state index in [-0.39, 0.29) is 6.10 Å². The number of allylic oxidation sites excluding steroid dienone is 2. The predicted octanol–water partition coefficient (Wildman–Crippen LogP) is 8.07. The Kier molecular flexibility index (Phi) is 8.58. The summed E-state index contributed by atoms with van der Waals surface area (Å²) < 4.78 is 0. The number of hydrogen-bond acceptors (Lipinski definition) is 1. The molecule has 0 spiro atoms. The number of rotatable bonds is 7. The van der Waals surface area contributed by atoms with Gasteiger partial charge < -0.3 is 5.11 Å². The minimum Gasteiger partial charge on any atom is -0.393 e. The lowest BCUT2D eigenvalue weighted by atomic mass is 9.68. The van der Waals surface area contributed by atoms with E-state index < -0.39 is 0 Å². The van der Waals surface area contributed by atoms with Gasteiger partial charge in [0.2, 0.25) is 0 Å².